The molecule has 2 aromatic rings. The van der Waals surface area contributed by atoms with Crippen LogP contribution in [0, 0.1) is 0 Å². The summed E-state index contributed by atoms with van der Waals surface area (Å²) >= 11 is 3.41. The van der Waals surface area contributed by atoms with Crippen molar-refractivity contribution < 1.29 is 9.63 Å². The van der Waals surface area contributed by atoms with Gasteiger partial charge in [-0.3, -0.25) is 0 Å². The first-order chi connectivity index (χ1) is 8.70. The molecule has 1 aromatic carbocycles. The van der Waals surface area contributed by atoms with Gasteiger partial charge in [0.2, 0.25) is 6.39 Å². The number of aromatic hydroxyl groups is 1. The summed E-state index contributed by atoms with van der Waals surface area (Å²) in [6.45, 7) is 2.55. The summed E-state index contributed by atoms with van der Waals surface area (Å²) in [5.41, 5.74) is 0.857. The predicted molar refractivity (Wildman–Crippen MR) is 70.0 cm³/mol. The molecule has 18 heavy (non-hydrogen) atoms. The van der Waals surface area contributed by atoms with E-state index in [0.29, 0.717) is 12.4 Å². The van der Waals surface area contributed by atoms with Crippen molar-refractivity contribution in [3.8, 4) is 5.75 Å². The Bertz CT molecular complexity index is 502. The van der Waals surface area contributed by atoms with Gasteiger partial charge in [-0.15, -0.1) is 0 Å². The zero-order valence-electron chi connectivity index (χ0n) is 9.93. The molecule has 96 valence electrons. The van der Waals surface area contributed by atoms with E-state index in [1.807, 2.05) is 19.1 Å². The van der Waals surface area contributed by atoms with Gasteiger partial charge in [0.25, 0.3) is 0 Å². The van der Waals surface area contributed by atoms with Gasteiger partial charge in [0.15, 0.2) is 5.82 Å². The molecule has 0 bridgehead atoms. The maximum Gasteiger partial charge on any atom is 0.213 e. The number of hydrogen-bond donors (Lipinski definition) is 2. The lowest BCUT2D eigenvalue weighted by molar-refractivity contribution is 0.400. The van der Waals surface area contributed by atoms with Crippen molar-refractivity contribution in [3.63, 3.8) is 0 Å². The summed E-state index contributed by atoms with van der Waals surface area (Å²) in [5.74, 6) is 0.883. The Balaban J connectivity index is 2.10. The van der Waals surface area contributed by atoms with Crippen molar-refractivity contribution in [1.82, 2.24) is 15.5 Å². The predicted octanol–water partition coefficient (Wildman–Crippen LogP) is 2.78. The van der Waals surface area contributed by atoms with Crippen LogP contribution in [0.25, 0.3) is 0 Å². The smallest absolute Gasteiger partial charge is 0.213 e. The lowest BCUT2D eigenvalue weighted by Gasteiger charge is -2.18. The minimum Gasteiger partial charge on any atom is -0.508 e. The van der Waals surface area contributed by atoms with E-state index in [2.05, 4.69) is 35.9 Å². The van der Waals surface area contributed by atoms with Gasteiger partial charge >= 0.3 is 0 Å². The van der Waals surface area contributed by atoms with Crippen molar-refractivity contribution in [2.24, 2.45) is 0 Å². The molecule has 0 saturated carbocycles. The van der Waals surface area contributed by atoms with Gasteiger partial charge in [0, 0.05) is 16.1 Å². The Morgan fingerprint density at radius 1 is 1.50 bits per heavy atom. The van der Waals surface area contributed by atoms with Crippen LogP contribution in [-0.4, -0.2) is 15.2 Å². The zero-order chi connectivity index (χ0) is 13.0. The molecule has 0 fully saturated rings. The number of phenols is 1. The lowest BCUT2D eigenvalue weighted by atomic mass is 10.0. The third-order valence-electron chi connectivity index (χ3n) is 2.69. The molecule has 0 radical (unpaired) electrons. The van der Waals surface area contributed by atoms with Crippen LogP contribution in [0.15, 0.2) is 33.6 Å². The lowest BCUT2D eigenvalue weighted by Crippen LogP contribution is -2.21. The van der Waals surface area contributed by atoms with E-state index in [-0.39, 0.29) is 11.8 Å². The monoisotopic (exact) mass is 311 g/mol. The van der Waals surface area contributed by atoms with Crippen LogP contribution in [0.2, 0.25) is 0 Å². The molecule has 1 aromatic heterocycles. The van der Waals surface area contributed by atoms with E-state index >= 15 is 0 Å². The number of halogens is 1. The van der Waals surface area contributed by atoms with Crippen LogP contribution < -0.4 is 5.32 Å². The summed E-state index contributed by atoms with van der Waals surface area (Å²) < 4.78 is 5.61. The van der Waals surface area contributed by atoms with Crippen LogP contribution in [0.4, 0.5) is 0 Å². The highest BCUT2D eigenvalue weighted by Crippen LogP contribution is 2.29. The third kappa shape index (κ3) is 3.08. The Morgan fingerprint density at radius 3 is 3.00 bits per heavy atom. The fraction of sp³-hybridized carbons (Fsp3) is 0.333. The SMILES string of the molecule is CCC(NCc1ncon1)c1cc(Br)ccc1O. The Kier molecular flexibility index (Phi) is 4.33. The van der Waals surface area contributed by atoms with Crippen LogP contribution in [0.5, 0.6) is 5.75 Å². The fourth-order valence-electron chi connectivity index (χ4n) is 1.76. The quantitative estimate of drug-likeness (QED) is 0.888. The molecule has 2 N–H and O–H groups in total. The maximum absolute atomic E-state index is 9.88. The van der Waals surface area contributed by atoms with Gasteiger partial charge < -0.3 is 14.9 Å². The van der Waals surface area contributed by atoms with E-state index in [0.717, 1.165) is 16.5 Å². The van der Waals surface area contributed by atoms with Gasteiger partial charge in [-0.1, -0.05) is 28.0 Å². The molecule has 6 heteroatoms. The van der Waals surface area contributed by atoms with Crippen molar-refractivity contribution >= 4 is 15.9 Å². The number of nitrogens with one attached hydrogen (secondary N) is 1. The van der Waals surface area contributed by atoms with Crippen LogP contribution in [0.3, 0.4) is 0 Å². The van der Waals surface area contributed by atoms with Crippen LogP contribution >= 0.6 is 15.9 Å². The van der Waals surface area contributed by atoms with Crippen LogP contribution in [-0.2, 0) is 6.54 Å². The van der Waals surface area contributed by atoms with E-state index in [1.54, 1.807) is 6.07 Å². The molecule has 1 unspecified atom stereocenters. The highest BCUT2D eigenvalue weighted by molar-refractivity contribution is 9.10. The van der Waals surface area contributed by atoms with E-state index in [4.69, 9.17) is 0 Å². The minimum absolute atomic E-state index is 0.0426. The van der Waals surface area contributed by atoms with Crippen molar-refractivity contribution in [2.75, 3.05) is 0 Å². The Morgan fingerprint density at radius 2 is 2.33 bits per heavy atom. The van der Waals surface area contributed by atoms with Gasteiger partial charge in [0.05, 0.1) is 6.54 Å². The Hall–Kier alpha value is -1.40. The standard InChI is InChI=1S/C12H14BrN3O2/c1-2-10(14-6-12-15-7-18-16-12)9-5-8(13)3-4-11(9)17/h3-5,7,10,14,17H,2,6H2,1H3. The normalized spacial score (nSPS) is 12.6. The molecule has 2 rings (SSSR count). The number of benzene rings is 1. The van der Waals surface area contributed by atoms with E-state index < -0.39 is 0 Å². The molecule has 5 nitrogen and oxygen atoms in total. The summed E-state index contributed by atoms with van der Waals surface area (Å²) in [6.07, 6.45) is 2.15. The maximum atomic E-state index is 9.88. The first-order valence-electron chi connectivity index (χ1n) is 5.67. The number of nitrogens with zero attached hydrogens (tertiary/aromatic N) is 2. The van der Waals surface area contributed by atoms with E-state index in [9.17, 15) is 5.11 Å². The highest BCUT2D eigenvalue weighted by Gasteiger charge is 2.14. The number of hydrogen-bond acceptors (Lipinski definition) is 5. The number of phenolic OH excluding ortho intramolecular Hbond substituents is 1. The second kappa shape index (κ2) is 5.97. The molecule has 0 aliphatic carbocycles. The van der Waals surface area contributed by atoms with Gasteiger partial charge in [-0.2, -0.15) is 4.98 Å². The summed E-state index contributed by atoms with van der Waals surface area (Å²) in [7, 11) is 0. The minimum atomic E-state index is 0.0426. The van der Waals surface area contributed by atoms with Crippen molar-refractivity contribution in [1.29, 1.82) is 0 Å². The fourth-order valence-corrected chi connectivity index (χ4v) is 2.14. The van der Waals surface area contributed by atoms with E-state index in [1.165, 1.54) is 6.39 Å². The second-order valence-corrected chi connectivity index (χ2v) is 4.81. The number of aromatic nitrogens is 2. The molecule has 0 aliphatic heterocycles. The average Bonchev–Trinajstić information content (AvgIpc) is 2.87. The highest BCUT2D eigenvalue weighted by atomic mass is 79.9. The van der Waals surface area contributed by atoms with Gasteiger partial charge in [-0.25, -0.2) is 0 Å². The average molecular weight is 312 g/mol. The molecular formula is C12H14BrN3O2. The topological polar surface area (TPSA) is 71.2 Å². The summed E-state index contributed by atoms with van der Waals surface area (Å²) in [6, 6.07) is 5.44. The van der Waals surface area contributed by atoms with Crippen molar-refractivity contribution in [3.05, 3.63) is 40.5 Å². The van der Waals surface area contributed by atoms with Gasteiger partial charge in [-0.05, 0) is 24.6 Å². The molecule has 0 spiro atoms. The largest absolute Gasteiger partial charge is 0.508 e. The number of rotatable bonds is 5. The molecule has 1 atom stereocenters. The first kappa shape index (κ1) is 13.0. The molecule has 0 aliphatic rings. The second-order valence-electron chi connectivity index (χ2n) is 3.89. The summed E-state index contributed by atoms with van der Waals surface area (Å²) in [4.78, 5) is 3.94. The zero-order valence-corrected chi connectivity index (χ0v) is 11.5. The molecular weight excluding hydrogens is 298 g/mol. The Labute approximate surface area is 113 Å². The summed E-state index contributed by atoms with van der Waals surface area (Å²) in [5, 5.41) is 16.9. The van der Waals surface area contributed by atoms with Crippen LogP contribution in [0.1, 0.15) is 30.8 Å². The molecule has 1 heterocycles. The third-order valence-corrected chi connectivity index (χ3v) is 3.18. The molecule has 0 saturated heterocycles. The first-order valence-corrected chi connectivity index (χ1v) is 6.47. The van der Waals surface area contributed by atoms with Gasteiger partial charge in [0.1, 0.15) is 5.75 Å². The molecule has 0 amide bonds. The van der Waals surface area contributed by atoms with Crippen molar-refractivity contribution in [2.45, 2.75) is 25.9 Å².